The smallest absolute Gasteiger partial charge is 0.00951 e. The normalized spacial score (nSPS) is 16.7. The van der Waals surface area contributed by atoms with Crippen LogP contribution < -0.4 is 0 Å². The van der Waals surface area contributed by atoms with E-state index in [1.54, 1.807) is 0 Å². The van der Waals surface area contributed by atoms with Crippen LogP contribution in [0.2, 0.25) is 0 Å². The molecule has 1 fully saturated rings. The summed E-state index contributed by atoms with van der Waals surface area (Å²) in [4.78, 5) is 2.77. The Morgan fingerprint density at radius 1 is 0.667 bits per heavy atom. The summed E-state index contributed by atoms with van der Waals surface area (Å²) in [6.07, 6.45) is 21.9. The van der Waals surface area contributed by atoms with Crippen molar-refractivity contribution in [2.75, 3.05) is 13.1 Å². The largest absolute Gasteiger partial charge is 0.301 e. The van der Waals surface area contributed by atoms with Gasteiger partial charge in [0, 0.05) is 6.04 Å². The Labute approximate surface area is 134 Å². The van der Waals surface area contributed by atoms with Crippen LogP contribution in [0.3, 0.4) is 0 Å². The van der Waals surface area contributed by atoms with Crippen LogP contribution in [0.25, 0.3) is 0 Å². The van der Waals surface area contributed by atoms with E-state index >= 15 is 0 Å². The lowest BCUT2D eigenvalue weighted by Crippen LogP contribution is -2.37. The average molecular weight is 296 g/mol. The van der Waals surface area contributed by atoms with Gasteiger partial charge < -0.3 is 4.90 Å². The molecule has 1 nitrogen and oxygen atoms in total. The Bertz CT molecular complexity index is 208. The minimum Gasteiger partial charge on any atom is -0.301 e. The molecule has 0 unspecified atom stereocenters. The Balaban J connectivity index is 1.90. The number of hydrogen-bond donors (Lipinski definition) is 0. The SMILES string of the molecule is CCCCCCCCCCCCN(CC)C1CCCCC1. The van der Waals surface area contributed by atoms with Crippen molar-refractivity contribution in [1.29, 1.82) is 0 Å². The molecule has 0 atom stereocenters. The van der Waals surface area contributed by atoms with E-state index in [2.05, 4.69) is 18.7 Å². The zero-order valence-electron chi connectivity index (χ0n) is 15.0. The van der Waals surface area contributed by atoms with Gasteiger partial charge in [-0.1, -0.05) is 90.9 Å². The molecule has 0 N–H and O–H groups in total. The van der Waals surface area contributed by atoms with Gasteiger partial charge in [0.1, 0.15) is 0 Å². The molecular formula is C20H41N. The summed E-state index contributed by atoms with van der Waals surface area (Å²) in [7, 11) is 0. The molecule has 0 aromatic heterocycles. The van der Waals surface area contributed by atoms with Crippen LogP contribution in [0.5, 0.6) is 0 Å². The molecule has 1 saturated carbocycles. The fourth-order valence-electron chi connectivity index (χ4n) is 3.85. The summed E-state index contributed by atoms with van der Waals surface area (Å²) in [5.74, 6) is 0. The number of nitrogens with zero attached hydrogens (tertiary/aromatic N) is 1. The molecule has 1 heteroatoms. The third-order valence-electron chi connectivity index (χ3n) is 5.30. The van der Waals surface area contributed by atoms with E-state index in [4.69, 9.17) is 0 Å². The molecule has 0 bridgehead atoms. The van der Waals surface area contributed by atoms with Crippen LogP contribution in [-0.2, 0) is 0 Å². The van der Waals surface area contributed by atoms with Crippen LogP contribution in [0.4, 0.5) is 0 Å². The highest BCUT2D eigenvalue weighted by atomic mass is 15.1. The van der Waals surface area contributed by atoms with E-state index in [-0.39, 0.29) is 0 Å². The molecule has 126 valence electrons. The first kappa shape index (κ1) is 19.0. The van der Waals surface area contributed by atoms with Gasteiger partial charge in [0.2, 0.25) is 0 Å². The summed E-state index contributed by atoms with van der Waals surface area (Å²) in [6.45, 7) is 7.28. The second-order valence-electron chi connectivity index (χ2n) is 7.10. The fourth-order valence-corrected chi connectivity index (χ4v) is 3.85. The lowest BCUT2D eigenvalue weighted by atomic mass is 9.94. The molecule has 0 aromatic rings. The van der Waals surface area contributed by atoms with Crippen molar-refractivity contribution in [1.82, 2.24) is 4.90 Å². The highest BCUT2D eigenvalue weighted by Crippen LogP contribution is 2.22. The van der Waals surface area contributed by atoms with E-state index in [1.807, 2.05) is 0 Å². The molecule has 0 aliphatic heterocycles. The molecule has 1 rings (SSSR count). The minimum absolute atomic E-state index is 0.919. The van der Waals surface area contributed by atoms with Crippen LogP contribution in [-0.4, -0.2) is 24.0 Å². The van der Waals surface area contributed by atoms with Crippen molar-refractivity contribution in [2.45, 2.75) is 116 Å². The molecular weight excluding hydrogens is 254 g/mol. The molecule has 0 radical (unpaired) electrons. The Hall–Kier alpha value is -0.0400. The average Bonchev–Trinajstić information content (AvgIpc) is 2.54. The van der Waals surface area contributed by atoms with Gasteiger partial charge >= 0.3 is 0 Å². The van der Waals surface area contributed by atoms with Gasteiger partial charge in [0.15, 0.2) is 0 Å². The summed E-state index contributed by atoms with van der Waals surface area (Å²) in [5, 5.41) is 0. The predicted molar refractivity (Wildman–Crippen MR) is 96.0 cm³/mol. The molecule has 1 aliphatic rings. The molecule has 0 aromatic carbocycles. The lowest BCUT2D eigenvalue weighted by molar-refractivity contribution is 0.160. The second kappa shape index (κ2) is 13.6. The minimum atomic E-state index is 0.919. The van der Waals surface area contributed by atoms with Gasteiger partial charge in [-0.3, -0.25) is 0 Å². The monoisotopic (exact) mass is 295 g/mol. The van der Waals surface area contributed by atoms with E-state index in [0.29, 0.717) is 0 Å². The van der Waals surface area contributed by atoms with Crippen LogP contribution >= 0.6 is 0 Å². The van der Waals surface area contributed by atoms with Gasteiger partial charge in [-0.25, -0.2) is 0 Å². The first-order valence-corrected chi connectivity index (χ1v) is 10.1. The van der Waals surface area contributed by atoms with Crippen molar-refractivity contribution >= 4 is 0 Å². The third kappa shape index (κ3) is 9.55. The van der Waals surface area contributed by atoms with Gasteiger partial charge in [0.25, 0.3) is 0 Å². The zero-order valence-corrected chi connectivity index (χ0v) is 15.0. The summed E-state index contributed by atoms with van der Waals surface area (Å²) < 4.78 is 0. The standard InChI is InChI=1S/C20H41N/c1-3-5-6-7-8-9-10-11-12-16-19-21(4-2)20-17-14-13-15-18-20/h20H,3-19H2,1-2H3. The van der Waals surface area contributed by atoms with Crippen LogP contribution in [0.1, 0.15) is 110 Å². The summed E-state index contributed by atoms with van der Waals surface area (Å²) >= 11 is 0. The van der Waals surface area contributed by atoms with Gasteiger partial charge in [0.05, 0.1) is 0 Å². The molecule has 1 aliphatic carbocycles. The first-order valence-electron chi connectivity index (χ1n) is 10.1. The lowest BCUT2D eigenvalue weighted by Gasteiger charge is -2.33. The number of hydrogen-bond acceptors (Lipinski definition) is 1. The summed E-state index contributed by atoms with van der Waals surface area (Å²) in [5.41, 5.74) is 0. The molecule has 0 saturated heterocycles. The number of unbranched alkanes of at least 4 members (excludes halogenated alkanes) is 9. The number of rotatable bonds is 13. The van der Waals surface area contributed by atoms with Gasteiger partial charge in [-0.2, -0.15) is 0 Å². The van der Waals surface area contributed by atoms with Crippen LogP contribution in [0.15, 0.2) is 0 Å². The van der Waals surface area contributed by atoms with E-state index in [1.165, 1.54) is 109 Å². The molecule has 0 spiro atoms. The molecule has 21 heavy (non-hydrogen) atoms. The molecule has 0 heterocycles. The Morgan fingerprint density at radius 2 is 1.19 bits per heavy atom. The van der Waals surface area contributed by atoms with Crippen LogP contribution in [0, 0.1) is 0 Å². The van der Waals surface area contributed by atoms with Crippen molar-refractivity contribution in [3.8, 4) is 0 Å². The highest BCUT2D eigenvalue weighted by molar-refractivity contribution is 4.74. The third-order valence-corrected chi connectivity index (χ3v) is 5.30. The Morgan fingerprint density at radius 3 is 1.71 bits per heavy atom. The highest BCUT2D eigenvalue weighted by Gasteiger charge is 2.18. The maximum Gasteiger partial charge on any atom is 0.00951 e. The predicted octanol–water partition coefficient (Wildman–Crippen LogP) is 6.56. The Kier molecular flexibility index (Phi) is 12.3. The van der Waals surface area contributed by atoms with E-state index in [9.17, 15) is 0 Å². The van der Waals surface area contributed by atoms with Crippen molar-refractivity contribution in [2.24, 2.45) is 0 Å². The molecule has 0 amide bonds. The quantitative estimate of drug-likeness (QED) is 0.348. The van der Waals surface area contributed by atoms with E-state index < -0.39 is 0 Å². The van der Waals surface area contributed by atoms with Gasteiger partial charge in [-0.05, 0) is 32.4 Å². The fraction of sp³-hybridized carbons (Fsp3) is 1.00. The summed E-state index contributed by atoms with van der Waals surface area (Å²) in [6, 6.07) is 0.919. The maximum atomic E-state index is 2.77. The topological polar surface area (TPSA) is 3.24 Å². The zero-order chi connectivity index (χ0) is 15.2. The first-order chi connectivity index (χ1) is 10.4. The second-order valence-corrected chi connectivity index (χ2v) is 7.10. The van der Waals surface area contributed by atoms with Crippen molar-refractivity contribution in [3.63, 3.8) is 0 Å². The van der Waals surface area contributed by atoms with Crippen molar-refractivity contribution < 1.29 is 0 Å². The maximum absolute atomic E-state index is 2.77. The van der Waals surface area contributed by atoms with E-state index in [0.717, 1.165) is 6.04 Å². The van der Waals surface area contributed by atoms with Gasteiger partial charge in [-0.15, -0.1) is 0 Å². The van der Waals surface area contributed by atoms with Crippen molar-refractivity contribution in [3.05, 3.63) is 0 Å².